The van der Waals surface area contributed by atoms with Crippen molar-refractivity contribution in [3.8, 4) is 0 Å². The summed E-state index contributed by atoms with van der Waals surface area (Å²) in [5.41, 5.74) is 0.777. The molecule has 2 rings (SSSR count). The zero-order valence-corrected chi connectivity index (χ0v) is 13.5. The molecule has 0 bridgehead atoms. The lowest BCUT2D eigenvalue weighted by molar-refractivity contribution is 0.0585. The molecule has 1 aromatic heterocycles. The number of aryl methyl sites for hydroxylation is 1. The maximum atomic E-state index is 13.0. The molecule has 1 heterocycles. The smallest absolute Gasteiger partial charge is 0.276 e. The monoisotopic (exact) mass is 320 g/mol. The van der Waals surface area contributed by atoms with Crippen LogP contribution in [0.5, 0.6) is 0 Å². The Morgan fingerprint density at radius 3 is 2.48 bits per heavy atom. The van der Waals surface area contributed by atoms with Gasteiger partial charge in [0.1, 0.15) is 11.6 Å². The highest BCUT2D eigenvalue weighted by molar-refractivity contribution is 5.92. The molecular weight excluding hydrogens is 299 g/mol. The second kappa shape index (κ2) is 7.37. The first-order chi connectivity index (χ1) is 10.9. The fourth-order valence-electron chi connectivity index (χ4n) is 2.31. The van der Waals surface area contributed by atoms with Crippen molar-refractivity contribution >= 4 is 5.91 Å². The first-order valence-corrected chi connectivity index (χ1v) is 7.53. The van der Waals surface area contributed by atoms with Crippen LogP contribution in [0.15, 0.2) is 34.9 Å². The molecule has 0 saturated carbocycles. The van der Waals surface area contributed by atoms with Crippen molar-refractivity contribution in [1.29, 1.82) is 0 Å². The lowest BCUT2D eigenvalue weighted by Crippen LogP contribution is -2.37. The minimum absolute atomic E-state index is 0.106. The van der Waals surface area contributed by atoms with Crippen LogP contribution in [0.2, 0.25) is 0 Å². The Kier molecular flexibility index (Phi) is 5.50. The van der Waals surface area contributed by atoms with E-state index in [-0.39, 0.29) is 29.9 Å². The van der Waals surface area contributed by atoms with E-state index in [0.717, 1.165) is 0 Å². The van der Waals surface area contributed by atoms with Crippen LogP contribution in [-0.4, -0.2) is 34.2 Å². The second-order valence-electron chi connectivity index (χ2n) is 5.99. The van der Waals surface area contributed by atoms with E-state index in [4.69, 9.17) is 4.52 Å². The average molecular weight is 320 g/mol. The van der Waals surface area contributed by atoms with Crippen LogP contribution in [0, 0.1) is 18.7 Å². The van der Waals surface area contributed by atoms with Crippen molar-refractivity contribution < 1.29 is 18.8 Å². The first kappa shape index (κ1) is 17.1. The minimum Gasteiger partial charge on any atom is -0.387 e. The molecule has 124 valence electrons. The number of nitrogens with zero attached hydrogens (tertiary/aromatic N) is 2. The van der Waals surface area contributed by atoms with Crippen LogP contribution < -0.4 is 0 Å². The van der Waals surface area contributed by atoms with Gasteiger partial charge in [-0.25, -0.2) is 4.39 Å². The van der Waals surface area contributed by atoms with Crippen molar-refractivity contribution in [2.45, 2.75) is 26.9 Å². The Labute approximate surface area is 134 Å². The Bertz CT molecular complexity index is 652. The van der Waals surface area contributed by atoms with Crippen LogP contribution in [0.25, 0.3) is 0 Å². The number of benzene rings is 1. The lowest BCUT2D eigenvalue weighted by Gasteiger charge is -2.26. The Hall–Kier alpha value is -2.21. The van der Waals surface area contributed by atoms with Crippen LogP contribution in [0.1, 0.15) is 41.8 Å². The molecule has 0 saturated heterocycles. The highest BCUT2D eigenvalue weighted by atomic mass is 19.1. The van der Waals surface area contributed by atoms with Gasteiger partial charge in [0.25, 0.3) is 5.91 Å². The topological polar surface area (TPSA) is 66.6 Å². The third-order valence-electron chi connectivity index (χ3n) is 3.37. The molecular formula is C17H21FN2O3. The molecule has 0 aliphatic rings. The summed E-state index contributed by atoms with van der Waals surface area (Å²) < 4.78 is 17.9. The van der Waals surface area contributed by atoms with E-state index in [9.17, 15) is 14.3 Å². The molecule has 0 spiro atoms. The summed E-state index contributed by atoms with van der Waals surface area (Å²) in [7, 11) is 0. The Balaban J connectivity index is 2.14. The van der Waals surface area contributed by atoms with Gasteiger partial charge in [-0.05, 0) is 30.5 Å². The van der Waals surface area contributed by atoms with E-state index in [1.165, 1.54) is 29.2 Å². The van der Waals surface area contributed by atoms with E-state index < -0.39 is 6.10 Å². The van der Waals surface area contributed by atoms with Gasteiger partial charge in [-0.1, -0.05) is 31.1 Å². The summed E-state index contributed by atoms with van der Waals surface area (Å²) in [6, 6.07) is 7.17. The average Bonchev–Trinajstić information content (AvgIpc) is 2.92. The van der Waals surface area contributed by atoms with Crippen LogP contribution >= 0.6 is 0 Å². The minimum atomic E-state index is -0.897. The summed E-state index contributed by atoms with van der Waals surface area (Å²) in [5, 5.41) is 14.1. The molecule has 1 unspecified atom stereocenters. The van der Waals surface area contributed by atoms with Crippen molar-refractivity contribution in [3.63, 3.8) is 0 Å². The molecule has 1 aromatic carbocycles. The molecule has 6 heteroatoms. The molecule has 2 aromatic rings. The number of carbonyl (C=O) groups excluding carboxylic acids is 1. The molecule has 0 aliphatic heterocycles. The Morgan fingerprint density at radius 2 is 1.96 bits per heavy atom. The molecule has 23 heavy (non-hydrogen) atoms. The molecule has 0 aliphatic carbocycles. The number of halogens is 1. The molecule has 5 nitrogen and oxygen atoms in total. The fourth-order valence-corrected chi connectivity index (χ4v) is 2.31. The van der Waals surface area contributed by atoms with Gasteiger partial charge >= 0.3 is 0 Å². The summed E-state index contributed by atoms with van der Waals surface area (Å²) in [4.78, 5) is 14.1. The molecule has 1 N–H and O–H groups in total. The van der Waals surface area contributed by atoms with E-state index in [2.05, 4.69) is 5.16 Å². The number of amides is 1. The van der Waals surface area contributed by atoms with Crippen molar-refractivity contribution in [1.82, 2.24) is 10.1 Å². The zero-order chi connectivity index (χ0) is 17.0. The van der Waals surface area contributed by atoms with Crippen molar-refractivity contribution in [2.75, 3.05) is 13.1 Å². The predicted octanol–water partition coefficient (Wildman–Crippen LogP) is 2.95. The number of aliphatic hydroxyl groups excluding tert-OH is 1. The van der Waals surface area contributed by atoms with Gasteiger partial charge in [0, 0.05) is 12.6 Å². The van der Waals surface area contributed by atoms with E-state index >= 15 is 0 Å². The fraction of sp³-hybridized carbons (Fsp3) is 0.412. The highest BCUT2D eigenvalue weighted by Gasteiger charge is 2.23. The zero-order valence-electron chi connectivity index (χ0n) is 13.5. The van der Waals surface area contributed by atoms with Crippen LogP contribution in [0.4, 0.5) is 4.39 Å². The highest BCUT2D eigenvalue weighted by Crippen LogP contribution is 2.17. The second-order valence-corrected chi connectivity index (χ2v) is 5.99. The number of rotatable bonds is 6. The molecule has 0 radical (unpaired) electrons. The third-order valence-corrected chi connectivity index (χ3v) is 3.37. The SMILES string of the molecule is Cc1cc(C(=O)N(CC(C)C)CC(O)c2ccc(F)cc2)no1. The summed E-state index contributed by atoms with van der Waals surface area (Å²) in [6.45, 7) is 6.26. The van der Waals surface area contributed by atoms with Gasteiger partial charge in [-0.2, -0.15) is 0 Å². The van der Waals surface area contributed by atoms with Gasteiger partial charge in [0.2, 0.25) is 0 Å². The largest absolute Gasteiger partial charge is 0.387 e. The summed E-state index contributed by atoms with van der Waals surface area (Å²) in [6.07, 6.45) is -0.897. The predicted molar refractivity (Wildman–Crippen MR) is 83.3 cm³/mol. The van der Waals surface area contributed by atoms with Crippen molar-refractivity contribution in [2.24, 2.45) is 5.92 Å². The maximum Gasteiger partial charge on any atom is 0.276 e. The van der Waals surface area contributed by atoms with Gasteiger partial charge in [0.15, 0.2) is 5.69 Å². The van der Waals surface area contributed by atoms with E-state index in [1.807, 2.05) is 13.8 Å². The molecule has 0 fully saturated rings. The standard InChI is InChI=1S/C17H21FN2O3/c1-11(2)9-20(17(22)15-8-12(3)23-19-15)10-16(21)13-4-6-14(18)7-5-13/h4-8,11,16,21H,9-10H2,1-3H3. The molecule has 1 atom stereocenters. The number of hydrogen-bond donors (Lipinski definition) is 1. The summed E-state index contributed by atoms with van der Waals surface area (Å²) in [5.74, 6) is 0.121. The van der Waals surface area contributed by atoms with Gasteiger partial charge in [-0.3, -0.25) is 4.79 Å². The third kappa shape index (κ3) is 4.63. The Morgan fingerprint density at radius 1 is 1.30 bits per heavy atom. The van der Waals surface area contributed by atoms with Gasteiger partial charge in [-0.15, -0.1) is 0 Å². The number of hydrogen-bond acceptors (Lipinski definition) is 4. The van der Waals surface area contributed by atoms with Gasteiger partial charge in [0.05, 0.1) is 12.6 Å². The van der Waals surface area contributed by atoms with Crippen LogP contribution in [-0.2, 0) is 0 Å². The molecule has 1 amide bonds. The van der Waals surface area contributed by atoms with Crippen LogP contribution in [0.3, 0.4) is 0 Å². The van der Waals surface area contributed by atoms with E-state index in [0.29, 0.717) is 17.9 Å². The number of carbonyl (C=O) groups is 1. The van der Waals surface area contributed by atoms with Crippen molar-refractivity contribution in [3.05, 3.63) is 53.2 Å². The summed E-state index contributed by atoms with van der Waals surface area (Å²) >= 11 is 0. The quantitative estimate of drug-likeness (QED) is 0.888. The number of aliphatic hydroxyl groups is 1. The normalized spacial score (nSPS) is 12.4. The maximum absolute atomic E-state index is 13.0. The van der Waals surface area contributed by atoms with Gasteiger partial charge < -0.3 is 14.5 Å². The lowest BCUT2D eigenvalue weighted by atomic mass is 10.1. The van der Waals surface area contributed by atoms with E-state index in [1.54, 1.807) is 13.0 Å². The first-order valence-electron chi connectivity index (χ1n) is 7.53. The number of aromatic nitrogens is 1.